The van der Waals surface area contributed by atoms with E-state index in [1.807, 2.05) is 85.8 Å². The van der Waals surface area contributed by atoms with Crippen molar-refractivity contribution >= 4 is 22.5 Å². The number of amides is 1. The molecule has 1 heterocycles. The molecular weight excluding hydrogens is 348 g/mol. The van der Waals surface area contributed by atoms with Crippen molar-refractivity contribution in [1.82, 2.24) is 4.98 Å². The first-order valence-corrected chi connectivity index (χ1v) is 9.06. The highest BCUT2D eigenvalue weighted by molar-refractivity contribution is 6.07. The van der Waals surface area contributed by atoms with Crippen LogP contribution in [0.3, 0.4) is 0 Å². The van der Waals surface area contributed by atoms with Crippen LogP contribution in [-0.4, -0.2) is 18.0 Å². The maximum Gasteiger partial charge on any atom is 0.255 e. The van der Waals surface area contributed by atoms with Crippen LogP contribution in [0.2, 0.25) is 0 Å². The first kappa shape index (κ1) is 17.7. The van der Waals surface area contributed by atoms with E-state index in [0.717, 1.165) is 33.5 Å². The van der Waals surface area contributed by atoms with Gasteiger partial charge in [-0.15, -0.1) is 0 Å². The lowest BCUT2D eigenvalue weighted by atomic mass is 10.1. The molecule has 1 amide bonds. The Bertz CT molecular complexity index is 1130. The number of hydrogen-bond donors (Lipinski definition) is 1. The van der Waals surface area contributed by atoms with Crippen LogP contribution in [-0.2, 0) is 0 Å². The van der Waals surface area contributed by atoms with E-state index in [2.05, 4.69) is 5.32 Å². The molecule has 4 heteroatoms. The SMILES string of the molecule is COc1ccc(-c2nc3ccccc3cc2NC(=O)c2ccc(C)cc2)cc1. The molecule has 1 aromatic heterocycles. The average molecular weight is 368 g/mol. The van der Waals surface area contributed by atoms with Gasteiger partial charge < -0.3 is 10.1 Å². The number of pyridine rings is 1. The molecule has 0 saturated heterocycles. The van der Waals surface area contributed by atoms with E-state index in [0.29, 0.717) is 11.3 Å². The molecule has 1 N–H and O–H groups in total. The molecule has 0 radical (unpaired) electrons. The first-order chi connectivity index (χ1) is 13.6. The summed E-state index contributed by atoms with van der Waals surface area (Å²) >= 11 is 0. The molecule has 3 aromatic carbocycles. The molecule has 4 rings (SSSR count). The highest BCUT2D eigenvalue weighted by atomic mass is 16.5. The van der Waals surface area contributed by atoms with Crippen LogP contribution in [0.1, 0.15) is 15.9 Å². The standard InChI is InChI=1S/C24H20N2O2/c1-16-7-9-18(10-8-16)24(27)26-22-15-19-5-3-4-6-21(19)25-23(22)17-11-13-20(28-2)14-12-17/h3-15H,1-2H3,(H,26,27). The number of methoxy groups -OCH3 is 1. The van der Waals surface area contributed by atoms with Crippen molar-refractivity contribution in [3.8, 4) is 17.0 Å². The van der Waals surface area contributed by atoms with Gasteiger partial charge in [-0.2, -0.15) is 0 Å². The highest BCUT2D eigenvalue weighted by Gasteiger charge is 2.13. The van der Waals surface area contributed by atoms with Crippen LogP contribution in [0, 0.1) is 6.92 Å². The molecule has 28 heavy (non-hydrogen) atoms. The second-order valence-corrected chi connectivity index (χ2v) is 6.63. The fourth-order valence-corrected chi connectivity index (χ4v) is 3.08. The third-order valence-electron chi connectivity index (χ3n) is 4.65. The normalized spacial score (nSPS) is 10.6. The summed E-state index contributed by atoms with van der Waals surface area (Å²) in [6.45, 7) is 2.00. The van der Waals surface area contributed by atoms with Gasteiger partial charge in [0.15, 0.2) is 0 Å². The largest absolute Gasteiger partial charge is 0.497 e. The number of carbonyl (C=O) groups excluding carboxylic acids is 1. The van der Waals surface area contributed by atoms with Crippen LogP contribution < -0.4 is 10.1 Å². The average Bonchev–Trinajstić information content (AvgIpc) is 2.74. The molecule has 0 fully saturated rings. The Morgan fingerprint density at radius 1 is 0.929 bits per heavy atom. The number of hydrogen-bond acceptors (Lipinski definition) is 3. The molecular formula is C24H20N2O2. The Morgan fingerprint density at radius 2 is 1.64 bits per heavy atom. The van der Waals surface area contributed by atoms with E-state index >= 15 is 0 Å². The molecule has 4 aromatic rings. The van der Waals surface area contributed by atoms with Gasteiger partial charge in [0.25, 0.3) is 5.91 Å². The maximum absolute atomic E-state index is 12.8. The predicted octanol–water partition coefficient (Wildman–Crippen LogP) is 5.47. The van der Waals surface area contributed by atoms with Crippen molar-refractivity contribution in [1.29, 1.82) is 0 Å². The zero-order valence-electron chi connectivity index (χ0n) is 15.8. The number of ether oxygens (including phenoxy) is 1. The number of rotatable bonds is 4. The van der Waals surface area contributed by atoms with Gasteiger partial charge in [0, 0.05) is 16.5 Å². The van der Waals surface area contributed by atoms with Gasteiger partial charge in [-0.1, -0.05) is 35.9 Å². The summed E-state index contributed by atoms with van der Waals surface area (Å²) in [5.41, 5.74) is 4.91. The number of anilines is 1. The molecule has 138 valence electrons. The Morgan fingerprint density at radius 3 is 2.36 bits per heavy atom. The maximum atomic E-state index is 12.8. The Hall–Kier alpha value is -3.66. The van der Waals surface area contributed by atoms with Gasteiger partial charge in [-0.05, 0) is 55.5 Å². The fraction of sp³-hybridized carbons (Fsp3) is 0.0833. The van der Waals surface area contributed by atoms with Crippen LogP contribution >= 0.6 is 0 Å². The zero-order valence-corrected chi connectivity index (χ0v) is 15.8. The van der Waals surface area contributed by atoms with E-state index < -0.39 is 0 Å². The quantitative estimate of drug-likeness (QED) is 0.519. The molecule has 0 unspecified atom stereocenters. The molecule has 0 bridgehead atoms. The molecule has 0 aliphatic heterocycles. The molecule has 0 saturated carbocycles. The first-order valence-electron chi connectivity index (χ1n) is 9.06. The molecule has 4 nitrogen and oxygen atoms in total. The second kappa shape index (κ2) is 7.53. The van der Waals surface area contributed by atoms with Crippen LogP contribution in [0.5, 0.6) is 5.75 Å². The topological polar surface area (TPSA) is 51.2 Å². The summed E-state index contributed by atoms with van der Waals surface area (Å²) in [6, 6.07) is 25.0. The lowest BCUT2D eigenvalue weighted by molar-refractivity contribution is 0.102. The van der Waals surface area contributed by atoms with Crippen molar-refractivity contribution in [2.24, 2.45) is 0 Å². The third-order valence-corrected chi connectivity index (χ3v) is 4.65. The summed E-state index contributed by atoms with van der Waals surface area (Å²) in [5, 5.41) is 4.00. The second-order valence-electron chi connectivity index (χ2n) is 6.63. The number of fused-ring (bicyclic) bond motifs is 1. The Labute approximate surface area is 163 Å². The van der Waals surface area contributed by atoms with Crippen molar-refractivity contribution in [3.63, 3.8) is 0 Å². The number of benzene rings is 3. The van der Waals surface area contributed by atoms with E-state index in [1.54, 1.807) is 7.11 Å². The number of aromatic nitrogens is 1. The van der Waals surface area contributed by atoms with Crippen molar-refractivity contribution in [3.05, 3.63) is 90.0 Å². The van der Waals surface area contributed by atoms with Crippen LogP contribution in [0.15, 0.2) is 78.9 Å². The van der Waals surface area contributed by atoms with E-state index in [9.17, 15) is 4.79 Å². The number of nitrogens with zero attached hydrogens (tertiary/aromatic N) is 1. The van der Waals surface area contributed by atoms with Gasteiger partial charge in [-0.25, -0.2) is 4.98 Å². The van der Waals surface area contributed by atoms with Gasteiger partial charge >= 0.3 is 0 Å². The van der Waals surface area contributed by atoms with Gasteiger partial charge in [0.1, 0.15) is 5.75 Å². The summed E-state index contributed by atoms with van der Waals surface area (Å²) < 4.78 is 5.25. The molecule has 0 aliphatic carbocycles. The van der Waals surface area contributed by atoms with Crippen molar-refractivity contribution in [2.45, 2.75) is 6.92 Å². The van der Waals surface area contributed by atoms with E-state index in [-0.39, 0.29) is 5.91 Å². The lowest BCUT2D eigenvalue weighted by Crippen LogP contribution is -2.13. The zero-order chi connectivity index (χ0) is 19.5. The predicted molar refractivity (Wildman–Crippen MR) is 113 cm³/mol. The van der Waals surface area contributed by atoms with Gasteiger partial charge in [0.2, 0.25) is 0 Å². The Balaban J connectivity index is 1.78. The van der Waals surface area contributed by atoms with Crippen LogP contribution in [0.25, 0.3) is 22.2 Å². The van der Waals surface area contributed by atoms with Crippen molar-refractivity contribution in [2.75, 3.05) is 12.4 Å². The van der Waals surface area contributed by atoms with E-state index in [1.165, 1.54) is 0 Å². The Kier molecular flexibility index (Phi) is 4.77. The summed E-state index contributed by atoms with van der Waals surface area (Å²) in [7, 11) is 1.64. The summed E-state index contributed by atoms with van der Waals surface area (Å²) in [6.07, 6.45) is 0. The number of aryl methyl sites for hydroxylation is 1. The van der Waals surface area contributed by atoms with Crippen LogP contribution in [0.4, 0.5) is 5.69 Å². The van der Waals surface area contributed by atoms with Gasteiger partial charge in [0.05, 0.1) is 24.0 Å². The monoisotopic (exact) mass is 368 g/mol. The number of carbonyl (C=O) groups is 1. The lowest BCUT2D eigenvalue weighted by Gasteiger charge is -2.13. The minimum absolute atomic E-state index is 0.160. The smallest absolute Gasteiger partial charge is 0.255 e. The summed E-state index contributed by atoms with van der Waals surface area (Å²) in [5.74, 6) is 0.613. The van der Waals surface area contributed by atoms with Gasteiger partial charge in [-0.3, -0.25) is 4.79 Å². The number of nitrogens with one attached hydrogen (secondary N) is 1. The minimum atomic E-state index is -0.160. The number of para-hydroxylation sites is 1. The third kappa shape index (κ3) is 3.58. The van der Waals surface area contributed by atoms with E-state index in [4.69, 9.17) is 9.72 Å². The molecule has 0 spiro atoms. The fourth-order valence-electron chi connectivity index (χ4n) is 3.08. The molecule has 0 aliphatic rings. The minimum Gasteiger partial charge on any atom is -0.497 e. The molecule has 0 atom stereocenters. The highest BCUT2D eigenvalue weighted by Crippen LogP contribution is 2.31. The van der Waals surface area contributed by atoms with Crippen molar-refractivity contribution < 1.29 is 9.53 Å². The summed E-state index contributed by atoms with van der Waals surface area (Å²) in [4.78, 5) is 17.6.